The summed E-state index contributed by atoms with van der Waals surface area (Å²) in [7, 11) is -8.08. The highest BCUT2D eigenvalue weighted by Crippen LogP contribution is 2.23. The largest absolute Gasteiger partial charge is 0.341 e. The van der Waals surface area contributed by atoms with Gasteiger partial charge in [-0.15, -0.1) is 0 Å². The topological polar surface area (TPSA) is 101 Å². The first-order chi connectivity index (χ1) is 12.6. The van der Waals surface area contributed by atoms with Crippen molar-refractivity contribution in [1.82, 2.24) is 4.31 Å². The zero-order valence-electron chi connectivity index (χ0n) is 14.8. The Morgan fingerprint density at radius 1 is 1.22 bits per heavy atom. The Labute approximate surface area is 157 Å². The molecule has 0 saturated carbocycles. The fourth-order valence-electron chi connectivity index (χ4n) is 2.87. The van der Waals surface area contributed by atoms with Crippen LogP contribution >= 0.6 is 0 Å². The number of carbonyl (C=O) groups is 1. The van der Waals surface area contributed by atoms with Crippen LogP contribution in [0.5, 0.6) is 0 Å². The summed E-state index contributed by atoms with van der Waals surface area (Å²) in [6, 6.07) is 4.44. The third kappa shape index (κ3) is 5.23. The molecule has 2 rings (SSSR count). The molecule has 1 fully saturated rings. The van der Waals surface area contributed by atoms with Crippen LogP contribution < -0.4 is 5.32 Å². The number of piperidine rings is 1. The predicted molar refractivity (Wildman–Crippen MR) is 96.6 cm³/mol. The van der Waals surface area contributed by atoms with Crippen LogP contribution in [0.15, 0.2) is 29.2 Å². The van der Waals surface area contributed by atoms with Crippen LogP contribution in [0.4, 0.5) is 14.5 Å². The van der Waals surface area contributed by atoms with Crippen molar-refractivity contribution < 1.29 is 30.4 Å². The van der Waals surface area contributed by atoms with Gasteiger partial charge >= 0.3 is 5.76 Å². The summed E-state index contributed by atoms with van der Waals surface area (Å²) in [5.41, 5.74) is 0.252. The van der Waals surface area contributed by atoms with E-state index in [4.69, 9.17) is 0 Å². The molecule has 1 aliphatic heterocycles. The lowest BCUT2D eigenvalue weighted by Crippen LogP contribution is -2.44. The highest BCUT2D eigenvalue weighted by molar-refractivity contribution is 7.91. The molecule has 152 valence electrons. The summed E-state index contributed by atoms with van der Waals surface area (Å²) in [6.07, 6.45) is 1.58. The smallest absolute Gasteiger partial charge is 0.326 e. The maximum atomic E-state index is 12.5. The fraction of sp³-hybridized carbons (Fsp3) is 0.562. The second-order valence-electron chi connectivity index (χ2n) is 6.33. The first-order valence-corrected chi connectivity index (χ1v) is 11.6. The van der Waals surface area contributed by atoms with Gasteiger partial charge in [0.25, 0.3) is 0 Å². The van der Waals surface area contributed by atoms with E-state index in [9.17, 15) is 30.4 Å². The number of amides is 1. The lowest BCUT2D eigenvalue weighted by atomic mass is 9.99. The number of anilines is 1. The normalized spacial score (nSPS) is 19.2. The van der Waals surface area contributed by atoms with E-state index in [0.717, 1.165) is 12.1 Å². The van der Waals surface area contributed by atoms with Crippen LogP contribution in [0.2, 0.25) is 0 Å². The summed E-state index contributed by atoms with van der Waals surface area (Å²) in [5.74, 6) is -4.41. The number of alkyl halides is 2. The van der Waals surface area contributed by atoms with Crippen LogP contribution in [0.25, 0.3) is 0 Å². The highest BCUT2D eigenvalue weighted by Gasteiger charge is 2.32. The maximum absolute atomic E-state index is 12.5. The number of nitrogens with zero attached hydrogens (tertiary/aromatic N) is 1. The van der Waals surface area contributed by atoms with Crippen molar-refractivity contribution in [3.8, 4) is 0 Å². The van der Waals surface area contributed by atoms with Crippen LogP contribution in [0.1, 0.15) is 26.2 Å². The number of halogens is 2. The molecule has 1 heterocycles. The number of sulfonamides is 1. The van der Waals surface area contributed by atoms with E-state index < -0.39 is 42.3 Å². The Kier molecular flexibility index (Phi) is 6.92. The van der Waals surface area contributed by atoms with Crippen LogP contribution in [-0.2, 0) is 24.7 Å². The van der Waals surface area contributed by atoms with Gasteiger partial charge in [-0.05, 0) is 43.5 Å². The van der Waals surface area contributed by atoms with Crippen LogP contribution in [-0.4, -0.2) is 51.6 Å². The van der Waals surface area contributed by atoms with Crippen molar-refractivity contribution >= 4 is 31.5 Å². The van der Waals surface area contributed by atoms with Gasteiger partial charge in [0.05, 0.1) is 16.6 Å². The molecule has 0 spiro atoms. The minimum absolute atomic E-state index is 0.0292. The molecule has 1 saturated heterocycles. The molecule has 1 aliphatic rings. The van der Waals surface area contributed by atoms with E-state index in [2.05, 4.69) is 5.32 Å². The highest BCUT2D eigenvalue weighted by atomic mass is 32.2. The number of carbonyl (C=O) groups excluding carboxylic acids is 1. The van der Waals surface area contributed by atoms with Crippen molar-refractivity contribution in [2.75, 3.05) is 24.2 Å². The summed E-state index contributed by atoms with van der Waals surface area (Å²) in [4.78, 5) is 11.9. The van der Waals surface area contributed by atoms with Gasteiger partial charge < -0.3 is 5.32 Å². The quantitative estimate of drug-likeness (QED) is 0.722. The van der Waals surface area contributed by atoms with Crippen molar-refractivity contribution in [2.45, 2.75) is 36.8 Å². The number of nitrogens with one attached hydrogen (secondary N) is 1. The van der Waals surface area contributed by atoms with Crippen LogP contribution in [0.3, 0.4) is 0 Å². The third-order valence-corrected chi connectivity index (χ3v) is 7.74. The summed E-state index contributed by atoms with van der Waals surface area (Å²) >= 11 is 0. The van der Waals surface area contributed by atoms with E-state index in [0.29, 0.717) is 25.8 Å². The van der Waals surface area contributed by atoms with Gasteiger partial charge in [0.1, 0.15) is 0 Å². The predicted octanol–water partition coefficient (Wildman–Crippen LogP) is 2.07. The van der Waals surface area contributed by atoms with E-state index in [1.54, 1.807) is 6.92 Å². The molecule has 0 aliphatic carbocycles. The number of hydrogen-bond donors (Lipinski definition) is 1. The molecule has 27 heavy (non-hydrogen) atoms. The Morgan fingerprint density at radius 3 is 2.41 bits per heavy atom. The van der Waals surface area contributed by atoms with E-state index in [-0.39, 0.29) is 18.0 Å². The minimum atomic E-state index is -4.69. The molecule has 0 radical (unpaired) electrons. The second-order valence-corrected chi connectivity index (χ2v) is 10.3. The SMILES string of the molecule is CCCS(=O)(=O)N1CCCC(C(=O)Nc2ccc(S(=O)(=O)C(F)F)cc2)C1. The molecule has 0 aromatic heterocycles. The molecule has 7 nitrogen and oxygen atoms in total. The number of benzene rings is 1. The molecule has 11 heteroatoms. The lowest BCUT2D eigenvalue weighted by molar-refractivity contribution is -0.120. The van der Waals surface area contributed by atoms with Gasteiger partial charge in [0.2, 0.25) is 25.8 Å². The number of sulfone groups is 1. The standard InChI is InChI=1S/C16H22F2N2O5S2/c1-2-10-26(22,23)20-9-3-4-12(11-20)15(21)19-13-5-7-14(8-6-13)27(24,25)16(17)18/h5-8,12,16H,2-4,9-11H2,1H3,(H,19,21). The van der Waals surface area contributed by atoms with Crippen molar-refractivity contribution in [1.29, 1.82) is 0 Å². The second kappa shape index (κ2) is 8.61. The molecule has 1 aromatic carbocycles. The first kappa shape index (κ1) is 21.7. The zero-order valence-corrected chi connectivity index (χ0v) is 16.4. The number of rotatable bonds is 7. The molecular weight excluding hydrogens is 402 g/mol. The molecule has 1 N–H and O–H groups in total. The van der Waals surface area contributed by atoms with Gasteiger partial charge in [-0.25, -0.2) is 21.1 Å². The molecular formula is C16H22F2N2O5S2. The van der Waals surface area contributed by atoms with Gasteiger partial charge in [-0.2, -0.15) is 8.78 Å². The maximum Gasteiger partial charge on any atom is 0.341 e. The zero-order chi connectivity index (χ0) is 20.2. The minimum Gasteiger partial charge on any atom is -0.326 e. The summed E-state index contributed by atoms with van der Waals surface area (Å²) in [5, 5.41) is 2.58. The van der Waals surface area contributed by atoms with E-state index in [1.807, 2.05) is 0 Å². The number of hydrogen-bond acceptors (Lipinski definition) is 5. The van der Waals surface area contributed by atoms with Gasteiger partial charge in [-0.3, -0.25) is 4.79 Å². The Morgan fingerprint density at radius 2 is 1.85 bits per heavy atom. The third-order valence-electron chi connectivity index (χ3n) is 4.30. The Hall–Kier alpha value is -1.59. The van der Waals surface area contributed by atoms with Gasteiger partial charge in [0.15, 0.2) is 0 Å². The van der Waals surface area contributed by atoms with Gasteiger partial charge in [0, 0.05) is 18.8 Å². The van der Waals surface area contributed by atoms with Crippen molar-refractivity contribution in [3.63, 3.8) is 0 Å². The van der Waals surface area contributed by atoms with Gasteiger partial charge in [-0.1, -0.05) is 6.92 Å². The average molecular weight is 424 g/mol. The molecule has 1 unspecified atom stereocenters. The summed E-state index contributed by atoms with van der Waals surface area (Å²) in [6.45, 7) is 2.24. The average Bonchev–Trinajstić information content (AvgIpc) is 2.62. The molecule has 1 atom stereocenters. The van der Waals surface area contributed by atoms with E-state index >= 15 is 0 Å². The Balaban J connectivity index is 2.04. The monoisotopic (exact) mass is 424 g/mol. The van der Waals surface area contributed by atoms with Crippen LogP contribution in [0, 0.1) is 5.92 Å². The molecule has 0 bridgehead atoms. The van der Waals surface area contributed by atoms with Crippen molar-refractivity contribution in [2.24, 2.45) is 5.92 Å². The molecule has 1 aromatic rings. The lowest BCUT2D eigenvalue weighted by Gasteiger charge is -2.31. The van der Waals surface area contributed by atoms with E-state index in [1.165, 1.54) is 16.4 Å². The van der Waals surface area contributed by atoms with Crippen molar-refractivity contribution in [3.05, 3.63) is 24.3 Å². The summed E-state index contributed by atoms with van der Waals surface area (Å²) < 4.78 is 73.5. The first-order valence-electron chi connectivity index (χ1n) is 8.48. The Bertz CT molecular complexity index is 871. The molecule has 1 amide bonds. The fourth-order valence-corrected chi connectivity index (χ4v) is 5.18.